The molecule has 0 saturated carbocycles. The highest BCUT2D eigenvalue weighted by molar-refractivity contribution is 5.09. The maximum atomic E-state index is 4.38. The van der Waals surface area contributed by atoms with E-state index in [0.29, 0.717) is 0 Å². The second-order valence-corrected chi connectivity index (χ2v) is 3.89. The molecule has 0 unspecified atom stereocenters. The third-order valence-corrected chi connectivity index (χ3v) is 2.58. The summed E-state index contributed by atoms with van der Waals surface area (Å²) in [6.45, 7) is 3.62. The van der Waals surface area contributed by atoms with Crippen LogP contribution in [0.1, 0.15) is 17.2 Å². The summed E-state index contributed by atoms with van der Waals surface area (Å²) in [5.74, 6) is 1.02. The van der Waals surface area contributed by atoms with Gasteiger partial charge in [0.15, 0.2) is 0 Å². The van der Waals surface area contributed by atoms with Crippen LogP contribution in [0.15, 0.2) is 18.5 Å². The molecule has 0 radical (unpaired) electrons. The second-order valence-electron chi connectivity index (χ2n) is 3.89. The summed E-state index contributed by atoms with van der Waals surface area (Å²) >= 11 is 0. The summed E-state index contributed by atoms with van der Waals surface area (Å²) < 4.78 is 4.00. The lowest BCUT2D eigenvalue weighted by Crippen LogP contribution is -2.13. The molecule has 2 aromatic rings. The molecule has 0 aliphatic carbocycles. The van der Waals surface area contributed by atoms with Gasteiger partial charge in [0, 0.05) is 26.0 Å². The summed E-state index contributed by atoms with van der Waals surface area (Å²) in [5, 5.41) is 7.52. The molecule has 16 heavy (non-hydrogen) atoms. The summed E-state index contributed by atoms with van der Waals surface area (Å²) in [5.41, 5.74) is 2.24. The van der Waals surface area contributed by atoms with Crippen molar-refractivity contribution in [3.05, 3.63) is 35.7 Å². The van der Waals surface area contributed by atoms with E-state index < -0.39 is 0 Å². The van der Waals surface area contributed by atoms with Gasteiger partial charge < -0.3 is 9.88 Å². The fourth-order valence-corrected chi connectivity index (χ4v) is 1.76. The zero-order chi connectivity index (χ0) is 11.5. The highest BCUT2D eigenvalue weighted by Crippen LogP contribution is 2.08. The van der Waals surface area contributed by atoms with E-state index in [9.17, 15) is 0 Å². The molecule has 0 atom stereocenters. The molecule has 0 aliphatic heterocycles. The van der Waals surface area contributed by atoms with Crippen molar-refractivity contribution < 1.29 is 0 Å². The standard InChI is InChI=1S/C11H17N5/c1-9-13-7-11(6-12-2)16(9)8-10-4-5-15(3)14-10/h4-5,7,12H,6,8H2,1-3H3. The van der Waals surface area contributed by atoms with Crippen LogP contribution >= 0.6 is 0 Å². The number of nitrogens with one attached hydrogen (secondary N) is 1. The molecule has 0 amide bonds. The topological polar surface area (TPSA) is 47.7 Å². The number of hydrogen-bond acceptors (Lipinski definition) is 3. The lowest BCUT2D eigenvalue weighted by molar-refractivity contribution is 0.650. The maximum Gasteiger partial charge on any atom is 0.106 e. The first-order chi connectivity index (χ1) is 7.70. The average Bonchev–Trinajstić information content (AvgIpc) is 2.79. The van der Waals surface area contributed by atoms with E-state index in [2.05, 4.69) is 20.0 Å². The van der Waals surface area contributed by atoms with Gasteiger partial charge in [-0.25, -0.2) is 4.98 Å². The number of aromatic nitrogens is 4. The Kier molecular flexibility index (Phi) is 3.05. The number of aryl methyl sites for hydroxylation is 2. The van der Waals surface area contributed by atoms with Gasteiger partial charge in [-0.15, -0.1) is 0 Å². The Morgan fingerprint density at radius 3 is 2.88 bits per heavy atom. The van der Waals surface area contributed by atoms with Crippen molar-refractivity contribution >= 4 is 0 Å². The van der Waals surface area contributed by atoms with Gasteiger partial charge in [0.2, 0.25) is 0 Å². The summed E-state index contributed by atoms with van der Waals surface area (Å²) in [7, 11) is 3.87. The van der Waals surface area contributed by atoms with Crippen molar-refractivity contribution in [1.82, 2.24) is 24.6 Å². The van der Waals surface area contributed by atoms with Crippen LogP contribution in [0.25, 0.3) is 0 Å². The molecule has 0 bridgehead atoms. The predicted octanol–water partition coefficient (Wildman–Crippen LogP) is 0.693. The first-order valence-electron chi connectivity index (χ1n) is 5.35. The first kappa shape index (κ1) is 10.9. The monoisotopic (exact) mass is 219 g/mol. The first-order valence-corrected chi connectivity index (χ1v) is 5.35. The summed E-state index contributed by atoms with van der Waals surface area (Å²) in [6, 6.07) is 2.03. The van der Waals surface area contributed by atoms with Crippen LogP contribution in [-0.4, -0.2) is 26.4 Å². The molecule has 2 rings (SSSR count). The van der Waals surface area contributed by atoms with Crippen LogP contribution in [0.4, 0.5) is 0 Å². The van der Waals surface area contributed by atoms with Gasteiger partial charge in [-0.1, -0.05) is 0 Å². The molecule has 5 heteroatoms. The minimum absolute atomic E-state index is 0.781. The molecular weight excluding hydrogens is 202 g/mol. The van der Waals surface area contributed by atoms with Gasteiger partial charge in [-0.2, -0.15) is 5.10 Å². The minimum Gasteiger partial charge on any atom is -0.325 e. The quantitative estimate of drug-likeness (QED) is 0.823. The van der Waals surface area contributed by atoms with Crippen LogP contribution < -0.4 is 5.32 Å². The van der Waals surface area contributed by atoms with Crippen LogP contribution in [0.5, 0.6) is 0 Å². The van der Waals surface area contributed by atoms with E-state index in [1.807, 2.05) is 44.2 Å². The SMILES string of the molecule is CNCc1cnc(C)n1Cc1ccn(C)n1. The van der Waals surface area contributed by atoms with E-state index in [-0.39, 0.29) is 0 Å². The van der Waals surface area contributed by atoms with Crippen LogP contribution in [0, 0.1) is 6.92 Å². The molecule has 0 aliphatic rings. The Morgan fingerprint density at radius 1 is 1.44 bits per heavy atom. The number of nitrogens with zero attached hydrogens (tertiary/aromatic N) is 4. The van der Waals surface area contributed by atoms with Crippen molar-refractivity contribution in [3.8, 4) is 0 Å². The van der Waals surface area contributed by atoms with E-state index >= 15 is 0 Å². The van der Waals surface area contributed by atoms with Gasteiger partial charge in [-0.3, -0.25) is 4.68 Å². The third kappa shape index (κ3) is 2.14. The number of hydrogen-bond donors (Lipinski definition) is 1. The summed E-state index contributed by atoms with van der Waals surface area (Å²) in [4.78, 5) is 4.33. The lowest BCUT2D eigenvalue weighted by Gasteiger charge is -2.08. The Labute approximate surface area is 95.1 Å². The van der Waals surface area contributed by atoms with Crippen molar-refractivity contribution in [2.24, 2.45) is 7.05 Å². The van der Waals surface area contributed by atoms with Crippen LogP contribution in [-0.2, 0) is 20.1 Å². The van der Waals surface area contributed by atoms with Gasteiger partial charge >= 0.3 is 0 Å². The normalized spacial score (nSPS) is 10.9. The molecule has 0 spiro atoms. The van der Waals surface area contributed by atoms with E-state index in [4.69, 9.17) is 0 Å². The fraction of sp³-hybridized carbons (Fsp3) is 0.455. The van der Waals surface area contributed by atoms with E-state index in [1.165, 1.54) is 5.69 Å². The van der Waals surface area contributed by atoms with Crippen molar-refractivity contribution in [3.63, 3.8) is 0 Å². The van der Waals surface area contributed by atoms with Crippen molar-refractivity contribution in [2.75, 3.05) is 7.05 Å². The molecule has 0 saturated heterocycles. The predicted molar refractivity (Wildman–Crippen MR) is 62.0 cm³/mol. The van der Waals surface area contributed by atoms with Crippen molar-refractivity contribution in [1.29, 1.82) is 0 Å². The van der Waals surface area contributed by atoms with Gasteiger partial charge in [0.1, 0.15) is 5.82 Å². The molecular formula is C11H17N5. The Morgan fingerprint density at radius 2 is 2.25 bits per heavy atom. The Hall–Kier alpha value is -1.62. The van der Waals surface area contributed by atoms with Crippen LogP contribution in [0.3, 0.4) is 0 Å². The largest absolute Gasteiger partial charge is 0.325 e. The Bertz CT molecular complexity index is 468. The zero-order valence-corrected chi connectivity index (χ0v) is 9.94. The molecule has 2 aromatic heterocycles. The van der Waals surface area contributed by atoms with E-state index in [1.54, 1.807) is 0 Å². The molecule has 0 fully saturated rings. The molecule has 1 N–H and O–H groups in total. The molecule has 5 nitrogen and oxygen atoms in total. The third-order valence-electron chi connectivity index (χ3n) is 2.58. The fourth-order valence-electron chi connectivity index (χ4n) is 1.76. The lowest BCUT2D eigenvalue weighted by atomic mass is 10.4. The van der Waals surface area contributed by atoms with Gasteiger partial charge in [0.05, 0.1) is 17.9 Å². The Balaban J connectivity index is 2.22. The van der Waals surface area contributed by atoms with Gasteiger partial charge in [0.25, 0.3) is 0 Å². The molecule has 0 aromatic carbocycles. The summed E-state index contributed by atoms with van der Waals surface area (Å²) in [6.07, 6.45) is 3.87. The van der Waals surface area contributed by atoms with Crippen molar-refractivity contribution in [2.45, 2.75) is 20.0 Å². The molecule has 2 heterocycles. The zero-order valence-electron chi connectivity index (χ0n) is 9.94. The van der Waals surface area contributed by atoms with Gasteiger partial charge in [-0.05, 0) is 20.0 Å². The number of imidazole rings is 1. The highest BCUT2D eigenvalue weighted by atomic mass is 15.3. The van der Waals surface area contributed by atoms with E-state index in [0.717, 1.165) is 24.6 Å². The second kappa shape index (κ2) is 4.49. The minimum atomic E-state index is 0.781. The smallest absolute Gasteiger partial charge is 0.106 e. The maximum absolute atomic E-state index is 4.38. The molecule has 86 valence electrons. The average molecular weight is 219 g/mol. The van der Waals surface area contributed by atoms with Crippen LogP contribution in [0.2, 0.25) is 0 Å². The highest BCUT2D eigenvalue weighted by Gasteiger charge is 2.07. The number of rotatable bonds is 4.